The van der Waals surface area contributed by atoms with Gasteiger partial charge in [-0.3, -0.25) is 9.89 Å². The number of aliphatic imine (C=N–C) groups is 1. The summed E-state index contributed by atoms with van der Waals surface area (Å²) in [6.45, 7) is 14.3. The highest BCUT2D eigenvalue weighted by Gasteiger charge is 2.28. The molecule has 0 amide bonds. The van der Waals surface area contributed by atoms with E-state index in [9.17, 15) is 0 Å². The molecule has 0 radical (unpaired) electrons. The molecule has 1 N–H and O–H groups in total. The van der Waals surface area contributed by atoms with Gasteiger partial charge in [0.2, 0.25) is 0 Å². The van der Waals surface area contributed by atoms with Gasteiger partial charge in [-0.1, -0.05) is 26.7 Å². The normalized spacial score (nSPS) is 22.0. The molecule has 0 aromatic heterocycles. The van der Waals surface area contributed by atoms with Gasteiger partial charge in [0, 0.05) is 52.4 Å². The summed E-state index contributed by atoms with van der Waals surface area (Å²) < 4.78 is 11.3. The van der Waals surface area contributed by atoms with Gasteiger partial charge in [0.25, 0.3) is 0 Å². The zero-order chi connectivity index (χ0) is 18.8. The van der Waals surface area contributed by atoms with Gasteiger partial charge < -0.3 is 19.7 Å². The summed E-state index contributed by atoms with van der Waals surface area (Å²) in [5.74, 6) is 1.76. The summed E-state index contributed by atoms with van der Waals surface area (Å²) in [6, 6.07) is 0.548. The monoisotopic (exact) mass is 368 g/mol. The van der Waals surface area contributed by atoms with E-state index in [0.717, 1.165) is 71.3 Å². The van der Waals surface area contributed by atoms with Gasteiger partial charge in [0.05, 0.1) is 19.3 Å². The van der Waals surface area contributed by atoms with E-state index in [2.05, 4.69) is 40.9 Å². The highest BCUT2D eigenvalue weighted by atomic mass is 16.5. The molecule has 2 aliphatic heterocycles. The summed E-state index contributed by atoms with van der Waals surface area (Å²) in [7, 11) is 1.90. The van der Waals surface area contributed by atoms with Crippen LogP contribution in [-0.4, -0.2) is 87.5 Å². The fourth-order valence-corrected chi connectivity index (χ4v) is 4.33. The van der Waals surface area contributed by atoms with Gasteiger partial charge in [-0.25, -0.2) is 0 Å². The first-order chi connectivity index (χ1) is 12.7. The second-order valence-corrected chi connectivity index (χ2v) is 7.36. The van der Waals surface area contributed by atoms with Crippen LogP contribution in [0.5, 0.6) is 0 Å². The minimum absolute atomic E-state index is 0.417. The highest BCUT2D eigenvalue weighted by molar-refractivity contribution is 5.80. The molecule has 1 unspecified atom stereocenters. The molecule has 1 atom stereocenters. The number of rotatable bonds is 8. The van der Waals surface area contributed by atoms with Gasteiger partial charge >= 0.3 is 0 Å². The Hall–Kier alpha value is -0.850. The molecule has 2 saturated heterocycles. The number of nitrogens with zero attached hydrogens (tertiary/aromatic N) is 3. The second-order valence-electron chi connectivity index (χ2n) is 7.36. The smallest absolute Gasteiger partial charge is 0.193 e. The van der Waals surface area contributed by atoms with Crippen molar-refractivity contribution < 1.29 is 9.47 Å². The van der Waals surface area contributed by atoms with Crippen molar-refractivity contribution >= 4 is 5.96 Å². The molecule has 0 bridgehead atoms. The van der Waals surface area contributed by atoms with Crippen LogP contribution in [0.4, 0.5) is 0 Å². The summed E-state index contributed by atoms with van der Waals surface area (Å²) in [5, 5.41) is 3.69. The summed E-state index contributed by atoms with van der Waals surface area (Å²) >= 11 is 0. The van der Waals surface area contributed by atoms with Gasteiger partial charge in [0.15, 0.2) is 5.96 Å². The molecule has 2 fully saturated rings. The second kappa shape index (κ2) is 11.8. The van der Waals surface area contributed by atoms with E-state index < -0.39 is 0 Å². The molecule has 0 aromatic carbocycles. The maximum Gasteiger partial charge on any atom is 0.193 e. The fraction of sp³-hybridized carbons (Fsp3) is 0.950. The van der Waals surface area contributed by atoms with E-state index in [1.807, 2.05) is 7.05 Å². The van der Waals surface area contributed by atoms with Crippen molar-refractivity contribution in [1.82, 2.24) is 15.1 Å². The minimum atomic E-state index is 0.417. The Balaban J connectivity index is 1.90. The fourth-order valence-electron chi connectivity index (χ4n) is 4.33. The van der Waals surface area contributed by atoms with Gasteiger partial charge in [-0.2, -0.15) is 0 Å². The molecule has 26 heavy (non-hydrogen) atoms. The first-order valence-electron chi connectivity index (χ1n) is 10.6. The van der Waals surface area contributed by atoms with Crippen LogP contribution in [0.25, 0.3) is 0 Å². The number of hydrogen-bond acceptors (Lipinski definition) is 4. The van der Waals surface area contributed by atoms with Crippen LogP contribution in [0.15, 0.2) is 4.99 Å². The first kappa shape index (κ1) is 21.5. The van der Waals surface area contributed by atoms with Gasteiger partial charge in [0.1, 0.15) is 0 Å². The third-order valence-electron chi connectivity index (χ3n) is 5.93. The number of guanidine groups is 1. The van der Waals surface area contributed by atoms with E-state index in [-0.39, 0.29) is 0 Å². The Morgan fingerprint density at radius 3 is 2.31 bits per heavy atom. The van der Waals surface area contributed by atoms with Gasteiger partial charge in [-0.15, -0.1) is 0 Å². The Morgan fingerprint density at radius 2 is 1.77 bits per heavy atom. The molecule has 152 valence electrons. The molecule has 2 heterocycles. The first-order valence-corrected chi connectivity index (χ1v) is 10.6. The predicted octanol–water partition coefficient (Wildman–Crippen LogP) is 2.20. The third-order valence-corrected chi connectivity index (χ3v) is 5.93. The van der Waals surface area contributed by atoms with Crippen molar-refractivity contribution in [2.45, 2.75) is 58.6 Å². The predicted molar refractivity (Wildman–Crippen MR) is 108 cm³/mol. The van der Waals surface area contributed by atoms with E-state index in [1.54, 1.807) is 0 Å². The Labute approximate surface area is 160 Å². The van der Waals surface area contributed by atoms with E-state index in [0.29, 0.717) is 18.1 Å². The van der Waals surface area contributed by atoms with Crippen LogP contribution in [0.2, 0.25) is 0 Å². The van der Waals surface area contributed by atoms with Crippen LogP contribution in [0.3, 0.4) is 0 Å². The lowest BCUT2D eigenvalue weighted by atomic mass is 9.92. The van der Waals surface area contributed by atoms with Crippen molar-refractivity contribution in [3.8, 4) is 0 Å². The van der Waals surface area contributed by atoms with Crippen LogP contribution in [0, 0.1) is 5.92 Å². The summed E-state index contributed by atoms with van der Waals surface area (Å²) in [6.07, 6.45) is 5.04. The van der Waals surface area contributed by atoms with Crippen LogP contribution >= 0.6 is 0 Å². The molecule has 2 rings (SSSR count). The number of likely N-dealkylation sites (tertiary alicyclic amines) is 1. The maximum atomic E-state index is 5.78. The van der Waals surface area contributed by atoms with Crippen molar-refractivity contribution in [2.75, 3.05) is 59.6 Å². The van der Waals surface area contributed by atoms with Crippen LogP contribution < -0.4 is 5.32 Å². The molecular formula is C20H40N4O2. The zero-order valence-electron chi connectivity index (χ0n) is 17.4. The zero-order valence-corrected chi connectivity index (χ0v) is 17.4. The molecule has 6 nitrogen and oxygen atoms in total. The van der Waals surface area contributed by atoms with E-state index >= 15 is 0 Å². The third kappa shape index (κ3) is 6.10. The average molecular weight is 369 g/mol. The van der Waals surface area contributed by atoms with Crippen molar-refractivity contribution in [1.29, 1.82) is 0 Å². The molecule has 0 saturated carbocycles. The Bertz CT molecular complexity index is 401. The lowest BCUT2D eigenvalue weighted by Crippen LogP contribution is -2.54. The Kier molecular flexibility index (Phi) is 9.72. The van der Waals surface area contributed by atoms with Crippen LogP contribution in [-0.2, 0) is 9.47 Å². The number of morpholine rings is 1. The quantitative estimate of drug-likeness (QED) is 0.526. The highest BCUT2D eigenvalue weighted by Crippen LogP contribution is 2.20. The molecule has 0 aromatic rings. The number of hydrogen-bond donors (Lipinski definition) is 1. The summed E-state index contributed by atoms with van der Waals surface area (Å²) in [5.41, 5.74) is 0. The van der Waals surface area contributed by atoms with Gasteiger partial charge in [-0.05, 0) is 25.7 Å². The lowest BCUT2D eigenvalue weighted by Gasteiger charge is -2.40. The van der Waals surface area contributed by atoms with E-state index in [4.69, 9.17) is 9.47 Å². The average Bonchev–Trinajstić information content (AvgIpc) is 2.69. The van der Waals surface area contributed by atoms with Crippen molar-refractivity contribution in [3.63, 3.8) is 0 Å². The molecular weight excluding hydrogens is 328 g/mol. The minimum Gasteiger partial charge on any atom is -0.379 e. The summed E-state index contributed by atoms with van der Waals surface area (Å²) in [4.78, 5) is 9.56. The molecule has 6 heteroatoms. The SMILES string of the molecule is CCOC1CCN(C(=NC)NCC(C(CC)CC)N2CCOCC2)CC1. The molecule has 2 aliphatic rings. The van der Waals surface area contributed by atoms with Crippen molar-refractivity contribution in [2.24, 2.45) is 10.9 Å². The number of piperidine rings is 1. The molecule has 0 spiro atoms. The molecule has 0 aliphatic carbocycles. The van der Waals surface area contributed by atoms with E-state index in [1.165, 1.54) is 12.8 Å². The maximum absolute atomic E-state index is 5.78. The number of ether oxygens (including phenoxy) is 2. The largest absolute Gasteiger partial charge is 0.379 e. The number of nitrogens with one attached hydrogen (secondary N) is 1. The van der Waals surface area contributed by atoms with Crippen molar-refractivity contribution in [3.05, 3.63) is 0 Å². The Morgan fingerprint density at radius 1 is 1.12 bits per heavy atom. The topological polar surface area (TPSA) is 49.3 Å². The standard InChI is InChI=1S/C20H40N4O2/c1-5-17(6-2)19(23-12-14-25-15-13-23)16-22-20(21-4)24-10-8-18(9-11-24)26-7-3/h17-19H,5-16H2,1-4H3,(H,21,22). The van der Waals surface area contributed by atoms with Crippen LogP contribution in [0.1, 0.15) is 46.5 Å². The lowest BCUT2D eigenvalue weighted by molar-refractivity contribution is 0.00232.